The van der Waals surface area contributed by atoms with Crippen LogP contribution in [0.4, 0.5) is 57.9 Å². The summed E-state index contributed by atoms with van der Waals surface area (Å²) in [5.74, 6) is 10.3. The molecule has 16 aromatic rings. The van der Waals surface area contributed by atoms with Gasteiger partial charge in [0.05, 0.1) is 99.9 Å². The maximum atomic E-state index is 15.7. The van der Waals surface area contributed by atoms with E-state index < -0.39 is 75.4 Å². The first kappa shape index (κ1) is 97.4. The van der Waals surface area contributed by atoms with E-state index >= 15 is 13.2 Å². The lowest BCUT2D eigenvalue weighted by Gasteiger charge is -2.35. The summed E-state index contributed by atoms with van der Waals surface area (Å²) in [6.07, 6.45) is 11.6. The largest absolute Gasteiger partial charge is 0.497 e. The molecule has 26 nitrogen and oxygen atoms in total. The molecule has 13 heterocycles. The van der Waals surface area contributed by atoms with E-state index in [4.69, 9.17) is 28.3 Å². The number of methoxy groups -OCH3 is 4. The van der Waals surface area contributed by atoms with Crippen LogP contribution in [0.5, 0.6) is 0 Å². The Morgan fingerprint density at radius 1 is 0.416 bits per heavy atom. The Morgan fingerprint density at radius 2 is 0.737 bits per heavy atom. The van der Waals surface area contributed by atoms with Crippen LogP contribution < -0.4 is 26.7 Å². The van der Waals surface area contributed by atoms with Gasteiger partial charge in [-0.05, 0) is 264 Å². The molecule has 0 atom stereocenters. The quantitative estimate of drug-likeness (QED) is 0.0244. The van der Waals surface area contributed by atoms with Gasteiger partial charge in [-0.1, -0.05) is 5.92 Å². The van der Waals surface area contributed by atoms with E-state index in [2.05, 4.69) is 145 Å². The average Bonchev–Trinajstić information content (AvgIpc) is 1.63. The number of benzene rings is 8. The second-order valence-corrected chi connectivity index (χ2v) is 38.9. The lowest BCUT2D eigenvalue weighted by Crippen LogP contribution is -2.41. The zero-order valence-corrected chi connectivity index (χ0v) is 83.2. The molecule has 1 fully saturated rings. The van der Waals surface area contributed by atoms with Crippen LogP contribution in [0.15, 0.2) is 114 Å². The minimum Gasteiger partial charge on any atom is -0.399 e. The van der Waals surface area contributed by atoms with Crippen LogP contribution in [0, 0.1) is 102 Å². The lowest BCUT2D eigenvalue weighted by atomic mass is 9.78. The summed E-state index contributed by atoms with van der Waals surface area (Å²) in [4.78, 5) is 12.6. The molecule has 21 rings (SSSR count). The standard InChI is InChI=1S/C25H23F2N5O.C22H20F2IN5O.C22H21F2N5O.C14H17BFNO2.C14H16BrFN4O.C3H4/c1-6-7-14-11-28-22-16(14)8-15(26)9-17(22)21-13(2)23-19(10-18(21)27)29-25(3,4)24-31-30-20(12-33-5)32(23)24;1-10-18(13-6-11(23)5-12-15(25)8-26-19(12)13)14(24)7-16-20(10)30-17(9-31-4)28-29-21(30)22(2,3)27-16;1-11-18(14-8-13(23)7-12-5-6-25-19(12)14)15(24)9-16-20(11)29-17(10-30-4)27-28-21(29)22(2,3)26-16;1-13(2)14(3,4)19-15(18-13)11-8-10(16)7-9-5-6-17-12(9)11;1-7-11(15)8(16)5-9-12(7)20-10(6-21-4)18-19-13(20)14(2,3)17-9;1-3-2/h8-11,28-29H,12H2,1-5H3;5-8,26-27H,9H2,1-4H3;5-9,25-26H,10H2,1-4H3;5-8,17H,1-4H3;5,17H,6H2,1-4H3;1H,2H3. The fraction of sp³-hybridized carbons (Fsp3) is 0.320. The number of H-pyrrole nitrogens is 4. The van der Waals surface area contributed by atoms with Crippen molar-refractivity contribution in [1.29, 1.82) is 0 Å². The Hall–Kier alpha value is -12.7. The van der Waals surface area contributed by atoms with E-state index in [0.29, 0.717) is 157 Å². The monoisotopic (exact) mass is 2050 g/mol. The summed E-state index contributed by atoms with van der Waals surface area (Å²) >= 11 is 5.44. The van der Waals surface area contributed by atoms with Gasteiger partial charge in [-0.3, -0.25) is 18.3 Å². The van der Waals surface area contributed by atoms with Crippen molar-refractivity contribution >= 4 is 117 Å². The van der Waals surface area contributed by atoms with Gasteiger partial charge in [-0.15, -0.1) is 59.1 Å². The van der Waals surface area contributed by atoms with Gasteiger partial charge in [0, 0.05) is 134 Å². The first-order valence-corrected chi connectivity index (χ1v) is 45.6. The molecule has 8 aromatic carbocycles. The van der Waals surface area contributed by atoms with Crippen LogP contribution in [0.25, 0.3) is 99.7 Å². The van der Waals surface area contributed by atoms with Crippen molar-refractivity contribution in [3.8, 4) is 80.3 Å². The molecule has 137 heavy (non-hydrogen) atoms. The molecule has 0 aliphatic carbocycles. The average molecular weight is 2050 g/mol. The third-order valence-electron chi connectivity index (χ3n) is 25.2. The highest BCUT2D eigenvalue weighted by Gasteiger charge is 2.53. The highest BCUT2D eigenvalue weighted by molar-refractivity contribution is 14.1. The van der Waals surface area contributed by atoms with E-state index in [0.717, 1.165) is 59.7 Å². The summed E-state index contributed by atoms with van der Waals surface area (Å²) in [6.45, 7) is 35.5. The Labute approximate surface area is 807 Å². The van der Waals surface area contributed by atoms with Gasteiger partial charge in [0.25, 0.3) is 0 Å². The van der Waals surface area contributed by atoms with Gasteiger partial charge in [0.15, 0.2) is 46.6 Å². The maximum absolute atomic E-state index is 15.7. The number of nitrogens with one attached hydrogen (secondary N) is 8. The van der Waals surface area contributed by atoms with E-state index in [9.17, 15) is 22.0 Å². The summed E-state index contributed by atoms with van der Waals surface area (Å²) in [7, 11) is 5.83. The maximum Gasteiger partial charge on any atom is 0.497 e. The molecule has 8 N–H and O–H groups in total. The number of halogens is 10. The molecule has 5 aliphatic rings. The molecule has 8 aromatic heterocycles. The van der Waals surface area contributed by atoms with Gasteiger partial charge in [0.2, 0.25) is 0 Å². The van der Waals surface area contributed by atoms with Crippen LogP contribution in [-0.2, 0) is 76.8 Å². The molecule has 0 saturated carbocycles. The number of nitrogens with zero attached hydrogens (tertiary/aromatic N) is 12. The first-order chi connectivity index (χ1) is 64.9. The van der Waals surface area contributed by atoms with E-state index in [1.807, 2.05) is 135 Å². The van der Waals surface area contributed by atoms with E-state index in [1.165, 1.54) is 72.8 Å². The number of anilines is 4. The molecule has 710 valence electrons. The van der Waals surface area contributed by atoms with Gasteiger partial charge in [-0.25, -0.2) is 35.1 Å². The number of rotatable bonds is 12. The third kappa shape index (κ3) is 17.3. The van der Waals surface area contributed by atoms with E-state index in [-0.39, 0.29) is 31.5 Å². The van der Waals surface area contributed by atoms with Crippen LogP contribution >= 0.6 is 38.5 Å². The fourth-order valence-corrected chi connectivity index (χ4v) is 19.4. The zero-order chi connectivity index (χ0) is 98.7. The predicted molar refractivity (Wildman–Crippen MR) is 527 cm³/mol. The molecule has 5 aliphatic heterocycles. The van der Waals surface area contributed by atoms with Crippen LogP contribution in [0.2, 0.25) is 0 Å². The molecule has 0 amide bonds. The van der Waals surface area contributed by atoms with Crippen LogP contribution in [0.3, 0.4) is 0 Å². The Bertz CT molecular complexity index is 7590. The van der Waals surface area contributed by atoms with Crippen molar-refractivity contribution in [3.05, 3.63) is 239 Å². The summed E-state index contributed by atoms with van der Waals surface area (Å²) in [6, 6.07) is 20.8. The van der Waals surface area contributed by atoms with Crippen molar-refractivity contribution in [2.45, 2.75) is 184 Å². The highest BCUT2D eigenvalue weighted by Crippen LogP contribution is 2.51. The van der Waals surface area contributed by atoms with Crippen LogP contribution in [0.1, 0.15) is 171 Å². The number of fused-ring (bicyclic) bond motifs is 16. The van der Waals surface area contributed by atoms with Crippen molar-refractivity contribution in [2.24, 2.45) is 0 Å². The van der Waals surface area contributed by atoms with Crippen LogP contribution in [-0.4, -0.2) is 126 Å². The number of aromatic amines is 4. The topological polar surface area (TPSA) is 289 Å². The Kier molecular flexibility index (Phi) is 26.3. The Morgan fingerprint density at radius 3 is 1.12 bits per heavy atom. The van der Waals surface area contributed by atoms with E-state index in [1.54, 1.807) is 73.1 Å². The number of aromatic nitrogens is 16. The number of terminal acetylenes is 1. The predicted octanol–water partition coefficient (Wildman–Crippen LogP) is 21.9. The highest BCUT2D eigenvalue weighted by atomic mass is 127. The number of ether oxygens (including phenoxy) is 4. The second-order valence-electron chi connectivity index (χ2n) is 37.0. The molecule has 1 saturated heterocycles. The lowest BCUT2D eigenvalue weighted by molar-refractivity contribution is 0.00578. The third-order valence-corrected chi connectivity index (χ3v) is 27.0. The minimum atomic E-state index is -0.578. The molecule has 0 spiro atoms. The van der Waals surface area contributed by atoms with Gasteiger partial charge in [0.1, 0.15) is 73.0 Å². The molecule has 37 heteroatoms. The first-order valence-electron chi connectivity index (χ1n) is 43.7. The van der Waals surface area contributed by atoms with Gasteiger partial charge in [-0.2, -0.15) is 0 Å². The van der Waals surface area contributed by atoms with Crippen molar-refractivity contribution in [2.75, 3.05) is 49.7 Å². The normalized spacial score (nSPS) is 15.1. The number of hydrogen-bond acceptors (Lipinski definition) is 18. The van der Waals surface area contributed by atoms with Gasteiger partial charge < -0.3 is 69.5 Å². The van der Waals surface area contributed by atoms with Gasteiger partial charge >= 0.3 is 7.12 Å². The molecular formula is C100H101BBrF8IN20O6. The SMILES string of the molecule is C#CC.CC#Cc1c[nH]c2c(-c3c(F)cc4c(c3C)-n3c(COC)nnc3C(C)(C)N4)cc(F)cc12.CC1(C)OB(c2cc(F)cc3cc[nH]c23)OC1(C)C.COCc1nnc2n1-c1c(cc(F)c(-c3cc(F)cc4c(I)c[nH]c34)c1C)NC2(C)C.COCc1nnc2n1-c1c(cc(F)c(-c3cc(F)cc4cc[nH]c34)c1C)NC2(C)C.COCc1nnc2n1-c1c(cc(F)c(Br)c1C)NC2(C)C. The van der Waals surface area contributed by atoms with Crippen molar-refractivity contribution in [1.82, 2.24) is 79.0 Å². The van der Waals surface area contributed by atoms with Crippen molar-refractivity contribution < 1.29 is 63.4 Å². The zero-order valence-electron chi connectivity index (χ0n) is 79.5. The Balaban J connectivity index is 0.000000125. The summed E-state index contributed by atoms with van der Waals surface area (Å²) in [5, 5.41) is 50.8. The smallest absolute Gasteiger partial charge is 0.399 e. The fourth-order valence-electron chi connectivity index (χ4n) is 18.5. The molecule has 0 radical (unpaired) electrons. The number of hydrogen-bond donors (Lipinski definition) is 8. The van der Waals surface area contributed by atoms with Crippen molar-refractivity contribution in [3.63, 3.8) is 0 Å². The summed E-state index contributed by atoms with van der Waals surface area (Å²) < 4.78 is 160. The molecule has 0 unspecified atom stereocenters. The minimum absolute atomic E-state index is 0.245. The molecule has 0 bridgehead atoms. The molecular weight excluding hydrogens is 1950 g/mol. The second kappa shape index (κ2) is 37.0. The summed E-state index contributed by atoms with van der Waals surface area (Å²) in [5.41, 5.74) is 12.0.